The number of thioether (sulfide) groups is 1. The van der Waals surface area contributed by atoms with E-state index in [1.165, 1.54) is 11.8 Å². The van der Waals surface area contributed by atoms with Gasteiger partial charge in [0, 0.05) is 30.5 Å². The van der Waals surface area contributed by atoms with Crippen LogP contribution < -0.4 is 15.8 Å². The first kappa shape index (κ1) is 17.6. The van der Waals surface area contributed by atoms with Crippen LogP contribution in [-0.2, 0) is 14.3 Å². The SMILES string of the molecule is NC(=O)CSCCC(=O)Nc1cccc(OCC2CCCO2)c1. The lowest BCUT2D eigenvalue weighted by molar-refractivity contribution is -0.116. The number of ether oxygens (including phenoxy) is 2. The fourth-order valence-corrected chi connectivity index (χ4v) is 2.86. The molecule has 126 valence electrons. The zero-order valence-electron chi connectivity index (χ0n) is 13.0. The molecule has 2 amide bonds. The van der Waals surface area contributed by atoms with Gasteiger partial charge in [0.05, 0.1) is 11.9 Å². The molecule has 1 aliphatic rings. The van der Waals surface area contributed by atoms with Gasteiger partial charge in [-0.3, -0.25) is 9.59 Å². The Morgan fingerprint density at radius 2 is 2.30 bits per heavy atom. The minimum Gasteiger partial charge on any atom is -0.491 e. The summed E-state index contributed by atoms with van der Waals surface area (Å²) in [6.45, 7) is 1.33. The van der Waals surface area contributed by atoms with E-state index in [0.717, 1.165) is 19.4 Å². The Morgan fingerprint density at radius 3 is 3.04 bits per heavy atom. The minimum absolute atomic E-state index is 0.0988. The van der Waals surface area contributed by atoms with Crippen molar-refractivity contribution in [1.29, 1.82) is 0 Å². The topological polar surface area (TPSA) is 90.7 Å². The second-order valence-electron chi connectivity index (χ2n) is 5.29. The van der Waals surface area contributed by atoms with E-state index in [0.29, 0.717) is 30.2 Å². The van der Waals surface area contributed by atoms with E-state index in [4.69, 9.17) is 15.2 Å². The van der Waals surface area contributed by atoms with Gasteiger partial charge in [0.2, 0.25) is 11.8 Å². The summed E-state index contributed by atoms with van der Waals surface area (Å²) in [6, 6.07) is 7.30. The highest BCUT2D eigenvalue weighted by atomic mass is 32.2. The molecule has 0 spiro atoms. The van der Waals surface area contributed by atoms with Crippen molar-refractivity contribution in [2.24, 2.45) is 5.73 Å². The molecule has 1 fully saturated rings. The van der Waals surface area contributed by atoms with Gasteiger partial charge in [-0.1, -0.05) is 6.07 Å². The van der Waals surface area contributed by atoms with Gasteiger partial charge in [0.25, 0.3) is 0 Å². The fraction of sp³-hybridized carbons (Fsp3) is 0.500. The number of hydrogen-bond donors (Lipinski definition) is 2. The molecule has 0 radical (unpaired) electrons. The largest absolute Gasteiger partial charge is 0.491 e. The van der Waals surface area contributed by atoms with Gasteiger partial charge in [-0.25, -0.2) is 0 Å². The molecule has 1 saturated heterocycles. The number of nitrogens with two attached hydrogens (primary N) is 1. The van der Waals surface area contributed by atoms with E-state index in [1.54, 1.807) is 6.07 Å². The predicted octanol–water partition coefficient (Wildman–Crippen LogP) is 1.79. The Morgan fingerprint density at radius 1 is 1.43 bits per heavy atom. The van der Waals surface area contributed by atoms with Crippen molar-refractivity contribution >= 4 is 29.3 Å². The maximum absolute atomic E-state index is 11.8. The van der Waals surface area contributed by atoms with Crippen molar-refractivity contribution in [2.45, 2.75) is 25.4 Å². The summed E-state index contributed by atoms with van der Waals surface area (Å²) in [5, 5.41) is 2.82. The van der Waals surface area contributed by atoms with Crippen molar-refractivity contribution in [3.63, 3.8) is 0 Å². The van der Waals surface area contributed by atoms with Crippen LogP contribution in [0.25, 0.3) is 0 Å². The van der Waals surface area contributed by atoms with E-state index >= 15 is 0 Å². The van der Waals surface area contributed by atoms with E-state index in [2.05, 4.69) is 5.32 Å². The molecule has 0 aliphatic carbocycles. The average molecular weight is 338 g/mol. The van der Waals surface area contributed by atoms with Crippen LogP contribution in [0, 0.1) is 0 Å². The quantitative estimate of drug-likeness (QED) is 0.670. The summed E-state index contributed by atoms with van der Waals surface area (Å²) in [6.07, 6.45) is 2.60. The van der Waals surface area contributed by atoms with Gasteiger partial charge in [-0.15, -0.1) is 0 Å². The summed E-state index contributed by atoms with van der Waals surface area (Å²) in [5.41, 5.74) is 5.73. The molecule has 0 saturated carbocycles. The van der Waals surface area contributed by atoms with E-state index < -0.39 is 0 Å². The first-order valence-corrected chi connectivity index (χ1v) is 8.79. The van der Waals surface area contributed by atoms with Crippen LogP contribution in [0.1, 0.15) is 19.3 Å². The van der Waals surface area contributed by atoms with Crippen LogP contribution in [0.2, 0.25) is 0 Å². The molecule has 2 rings (SSSR count). The third kappa shape index (κ3) is 6.92. The lowest BCUT2D eigenvalue weighted by atomic mass is 10.2. The van der Waals surface area contributed by atoms with Gasteiger partial charge in [-0.05, 0) is 25.0 Å². The molecule has 1 aromatic carbocycles. The predicted molar refractivity (Wildman–Crippen MR) is 90.7 cm³/mol. The number of anilines is 1. The minimum atomic E-state index is -0.369. The second kappa shape index (κ2) is 9.42. The van der Waals surface area contributed by atoms with Crippen LogP contribution in [0.3, 0.4) is 0 Å². The number of rotatable bonds is 9. The molecule has 23 heavy (non-hydrogen) atoms. The fourth-order valence-electron chi connectivity index (χ4n) is 2.19. The van der Waals surface area contributed by atoms with Crippen molar-refractivity contribution in [3.05, 3.63) is 24.3 Å². The lowest BCUT2D eigenvalue weighted by Gasteiger charge is -2.12. The number of carbonyl (C=O) groups is 2. The first-order chi connectivity index (χ1) is 11.1. The highest BCUT2D eigenvalue weighted by molar-refractivity contribution is 7.99. The zero-order valence-corrected chi connectivity index (χ0v) is 13.8. The van der Waals surface area contributed by atoms with Crippen molar-refractivity contribution < 1.29 is 19.1 Å². The Balaban J connectivity index is 1.72. The summed E-state index contributed by atoms with van der Waals surface area (Å²) in [5.74, 6) is 1.04. The second-order valence-corrected chi connectivity index (χ2v) is 6.40. The highest BCUT2D eigenvalue weighted by Crippen LogP contribution is 2.20. The Kier molecular flexibility index (Phi) is 7.22. The van der Waals surface area contributed by atoms with Gasteiger partial charge in [0.1, 0.15) is 12.4 Å². The van der Waals surface area contributed by atoms with Gasteiger partial charge >= 0.3 is 0 Å². The Labute approximate surface area is 140 Å². The summed E-state index contributed by atoms with van der Waals surface area (Å²) in [4.78, 5) is 22.4. The van der Waals surface area contributed by atoms with Crippen LogP contribution in [-0.4, -0.2) is 42.6 Å². The molecule has 1 heterocycles. The molecule has 3 N–H and O–H groups in total. The standard InChI is InChI=1S/C16H22N2O4S/c17-15(19)11-23-8-6-16(20)18-12-3-1-4-13(9-12)22-10-14-5-2-7-21-14/h1,3-4,9,14H,2,5-8,10-11H2,(H2,17,19)(H,18,20). The summed E-state index contributed by atoms with van der Waals surface area (Å²) in [7, 11) is 0. The molecule has 0 aromatic heterocycles. The normalized spacial score (nSPS) is 17.0. The lowest BCUT2D eigenvalue weighted by Crippen LogP contribution is -2.17. The smallest absolute Gasteiger partial charge is 0.227 e. The Bertz CT molecular complexity index is 533. The highest BCUT2D eigenvalue weighted by Gasteiger charge is 2.16. The summed E-state index contributed by atoms with van der Waals surface area (Å²) >= 11 is 1.35. The first-order valence-electron chi connectivity index (χ1n) is 7.64. The van der Waals surface area contributed by atoms with Crippen LogP contribution in [0.4, 0.5) is 5.69 Å². The number of primary amides is 1. The number of amides is 2. The number of nitrogens with one attached hydrogen (secondary N) is 1. The zero-order chi connectivity index (χ0) is 16.5. The van der Waals surface area contributed by atoms with Gasteiger partial charge in [-0.2, -0.15) is 11.8 Å². The number of hydrogen-bond acceptors (Lipinski definition) is 5. The van der Waals surface area contributed by atoms with E-state index in [-0.39, 0.29) is 23.7 Å². The molecule has 0 bridgehead atoms. The number of benzene rings is 1. The Hall–Kier alpha value is -1.73. The third-order valence-corrected chi connectivity index (χ3v) is 4.28. The van der Waals surface area contributed by atoms with Crippen molar-refractivity contribution in [3.8, 4) is 5.75 Å². The molecule has 1 aliphatic heterocycles. The van der Waals surface area contributed by atoms with Gasteiger partial charge in [0.15, 0.2) is 0 Å². The van der Waals surface area contributed by atoms with Crippen LogP contribution >= 0.6 is 11.8 Å². The third-order valence-electron chi connectivity index (χ3n) is 3.30. The van der Waals surface area contributed by atoms with E-state index in [9.17, 15) is 9.59 Å². The van der Waals surface area contributed by atoms with Crippen LogP contribution in [0.15, 0.2) is 24.3 Å². The van der Waals surface area contributed by atoms with Gasteiger partial charge < -0.3 is 20.5 Å². The number of carbonyl (C=O) groups excluding carboxylic acids is 2. The molecule has 1 unspecified atom stereocenters. The molecular formula is C16H22N2O4S. The molecule has 7 heteroatoms. The summed E-state index contributed by atoms with van der Waals surface area (Å²) < 4.78 is 11.2. The molecule has 1 aromatic rings. The monoisotopic (exact) mass is 338 g/mol. The molecule has 1 atom stereocenters. The molecular weight excluding hydrogens is 316 g/mol. The maximum atomic E-state index is 11.8. The van der Waals surface area contributed by atoms with E-state index in [1.807, 2.05) is 18.2 Å². The molecule has 6 nitrogen and oxygen atoms in total. The van der Waals surface area contributed by atoms with Crippen molar-refractivity contribution in [1.82, 2.24) is 0 Å². The average Bonchev–Trinajstić information content (AvgIpc) is 3.03. The van der Waals surface area contributed by atoms with Crippen molar-refractivity contribution in [2.75, 3.05) is 30.0 Å². The van der Waals surface area contributed by atoms with Crippen LogP contribution in [0.5, 0.6) is 5.75 Å². The maximum Gasteiger partial charge on any atom is 0.227 e.